The molecule has 0 spiro atoms. The van der Waals surface area contributed by atoms with Gasteiger partial charge in [-0.3, -0.25) is 14.4 Å². The van der Waals surface area contributed by atoms with E-state index >= 15 is 0 Å². The number of carbonyl (C=O) groups is 4. The van der Waals surface area contributed by atoms with Gasteiger partial charge < -0.3 is 25.0 Å². The fourth-order valence-electron chi connectivity index (χ4n) is 4.49. The number of aliphatic carboxylic acids is 1. The van der Waals surface area contributed by atoms with Crippen LogP contribution in [0.2, 0.25) is 0 Å². The average Bonchev–Trinajstić information content (AvgIpc) is 2.94. The van der Waals surface area contributed by atoms with E-state index in [0.717, 1.165) is 5.56 Å². The summed E-state index contributed by atoms with van der Waals surface area (Å²) in [6.45, 7) is 4.12. The number of ether oxygens (including phenoxy) is 1. The Morgan fingerprint density at radius 2 is 1.72 bits per heavy atom. The zero-order valence-corrected chi connectivity index (χ0v) is 22.2. The smallest absolute Gasteiger partial charge is 0.334 e. The summed E-state index contributed by atoms with van der Waals surface area (Å²) in [6, 6.07) is 11.2. The van der Waals surface area contributed by atoms with Gasteiger partial charge in [0.2, 0.25) is 11.8 Å². The van der Waals surface area contributed by atoms with E-state index in [2.05, 4.69) is 10.7 Å². The van der Waals surface area contributed by atoms with E-state index in [1.54, 1.807) is 19.2 Å². The Labute approximate surface area is 226 Å². The number of fused-ring (bicyclic) bond motifs is 1. The normalized spacial score (nSPS) is 18.6. The van der Waals surface area contributed by atoms with Crippen LogP contribution in [0.3, 0.4) is 0 Å². The summed E-state index contributed by atoms with van der Waals surface area (Å²) in [5.41, 5.74) is 4.39. The number of methoxy groups -OCH3 is 1. The molecule has 4 rings (SSSR count). The van der Waals surface area contributed by atoms with Crippen molar-refractivity contribution in [1.82, 2.24) is 25.6 Å². The first-order valence-electron chi connectivity index (χ1n) is 12.8. The van der Waals surface area contributed by atoms with Crippen LogP contribution in [0.4, 0.5) is 9.18 Å². The van der Waals surface area contributed by atoms with E-state index in [-0.39, 0.29) is 26.2 Å². The van der Waals surface area contributed by atoms with Crippen molar-refractivity contribution in [3.05, 3.63) is 65.5 Å². The number of piperazine rings is 1. The molecule has 2 atom stereocenters. The largest absolute Gasteiger partial charge is 0.497 e. The number of nitrogens with zero attached hydrogens (tertiary/aromatic N) is 3. The third-order valence-electron chi connectivity index (χ3n) is 6.40. The zero-order chi connectivity index (χ0) is 28.5. The van der Waals surface area contributed by atoms with Gasteiger partial charge in [0.15, 0.2) is 0 Å². The van der Waals surface area contributed by atoms with Gasteiger partial charge in [-0.1, -0.05) is 38.1 Å². The molecule has 2 saturated heterocycles. The third kappa shape index (κ3) is 7.23. The van der Waals surface area contributed by atoms with Crippen LogP contribution >= 0.6 is 0 Å². The molecule has 2 aliphatic rings. The Morgan fingerprint density at radius 3 is 2.33 bits per heavy atom. The highest BCUT2D eigenvalue weighted by Crippen LogP contribution is 2.25. The number of hydrogen-bond acceptors (Lipinski definition) is 6. The number of carboxylic acids is 1. The van der Waals surface area contributed by atoms with Crippen molar-refractivity contribution >= 4 is 23.8 Å². The van der Waals surface area contributed by atoms with Crippen molar-refractivity contribution in [3.8, 4) is 5.75 Å². The van der Waals surface area contributed by atoms with Crippen molar-refractivity contribution in [3.63, 3.8) is 0 Å². The molecule has 2 aromatic rings. The highest BCUT2D eigenvalue weighted by Gasteiger charge is 2.49. The van der Waals surface area contributed by atoms with E-state index in [9.17, 15) is 28.7 Å². The highest BCUT2D eigenvalue weighted by atomic mass is 19.1. The number of hydrazine groups is 1. The third-order valence-corrected chi connectivity index (χ3v) is 6.40. The molecule has 11 nitrogen and oxygen atoms in total. The monoisotopic (exact) mass is 543 g/mol. The maximum atomic E-state index is 13.3. The summed E-state index contributed by atoms with van der Waals surface area (Å²) in [6.07, 6.45) is -1.00. The van der Waals surface area contributed by atoms with E-state index in [1.807, 2.05) is 26.0 Å². The van der Waals surface area contributed by atoms with Crippen LogP contribution in [-0.4, -0.2) is 82.7 Å². The number of halogens is 1. The van der Waals surface area contributed by atoms with E-state index in [0.29, 0.717) is 17.7 Å². The fourth-order valence-corrected chi connectivity index (χ4v) is 4.49. The van der Waals surface area contributed by atoms with Crippen molar-refractivity contribution in [2.45, 2.75) is 45.4 Å². The number of hydrogen-bond donors (Lipinski definition) is 3. The maximum Gasteiger partial charge on any atom is 0.334 e. The second kappa shape index (κ2) is 13.6. The Hall–Kier alpha value is -4.19. The first-order chi connectivity index (χ1) is 18.8. The number of urea groups is 1. The van der Waals surface area contributed by atoms with Crippen LogP contribution in [0.1, 0.15) is 31.4 Å². The lowest BCUT2D eigenvalue weighted by atomic mass is 10.0. The lowest BCUT2D eigenvalue weighted by Crippen LogP contribution is -2.76. The topological polar surface area (TPSA) is 132 Å². The lowest BCUT2D eigenvalue weighted by molar-refractivity contribution is -0.172. The molecule has 0 bridgehead atoms. The molecule has 0 radical (unpaired) electrons. The van der Waals surface area contributed by atoms with Gasteiger partial charge in [0.05, 0.1) is 26.6 Å². The molecule has 2 aliphatic heterocycles. The van der Waals surface area contributed by atoms with Gasteiger partial charge in [0, 0.05) is 13.1 Å². The molecule has 2 heterocycles. The molecule has 0 saturated carbocycles. The summed E-state index contributed by atoms with van der Waals surface area (Å²) in [4.78, 5) is 53.4. The van der Waals surface area contributed by atoms with E-state index in [1.165, 1.54) is 39.1 Å². The first-order valence-corrected chi connectivity index (χ1v) is 12.8. The molecule has 210 valence electrons. The second-order valence-corrected chi connectivity index (χ2v) is 8.77. The number of rotatable bonds is 8. The van der Waals surface area contributed by atoms with Crippen LogP contribution in [0, 0.1) is 5.82 Å². The lowest BCUT2D eigenvalue weighted by Gasteiger charge is -2.51. The Balaban J connectivity index is 0.00000205. The van der Waals surface area contributed by atoms with Crippen LogP contribution < -0.4 is 15.5 Å². The molecule has 3 N–H and O–H groups in total. The predicted octanol–water partition coefficient (Wildman–Crippen LogP) is 1.97. The SMILES string of the molecule is CC.COc1ccc(CCN2C[C@@H]3N(C(=O)NCc4ccc(F)cc4)NCC(=O)N3C(CC(=O)O)C2=O)cc1. The van der Waals surface area contributed by atoms with Crippen molar-refractivity contribution in [2.24, 2.45) is 0 Å². The molecule has 2 fully saturated rings. The van der Waals surface area contributed by atoms with E-state index < -0.39 is 48.3 Å². The van der Waals surface area contributed by atoms with Crippen molar-refractivity contribution in [1.29, 1.82) is 0 Å². The summed E-state index contributed by atoms with van der Waals surface area (Å²) in [5, 5.41) is 13.4. The van der Waals surface area contributed by atoms with Gasteiger partial charge >= 0.3 is 12.0 Å². The number of amides is 4. The van der Waals surface area contributed by atoms with Gasteiger partial charge in [-0.05, 0) is 41.8 Å². The highest BCUT2D eigenvalue weighted by molar-refractivity contribution is 5.93. The van der Waals surface area contributed by atoms with Crippen LogP contribution in [0.5, 0.6) is 5.75 Å². The number of carboxylic acid groups (broad SMARTS) is 1. The molecule has 0 aliphatic carbocycles. The minimum absolute atomic E-state index is 0.00775. The molecule has 12 heteroatoms. The van der Waals surface area contributed by atoms with Crippen LogP contribution in [0.15, 0.2) is 48.5 Å². The van der Waals surface area contributed by atoms with Crippen molar-refractivity contribution in [2.75, 3.05) is 26.7 Å². The van der Waals surface area contributed by atoms with Gasteiger partial charge in [0.1, 0.15) is 23.8 Å². The second-order valence-electron chi connectivity index (χ2n) is 8.77. The fraction of sp³-hybridized carbons (Fsp3) is 0.407. The Morgan fingerprint density at radius 1 is 1.08 bits per heavy atom. The number of benzene rings is 2. The molecule has 39 heavy (non-hydrogen) atoms. The van der Waals surface area contributed by atoms with Crippen molar-refractivity contribution < 1.29 is 33.4 Å². The summed E-state index contributed by atoms with van der Waals surface area (Å²) >= 11 is 0. The Kier molecular flexibility index (Phi) is 10.2. The molecular weight excluding hydrogens is 509 g/mol. The molecule has 2 aromatic carbocycles. The molecule has 1 unspecified atom stereocenters. The number of carbonyl (C=O) groups excluding carboxylic acids is 3. The predicted molar refractivity (Wildman–Crippen MR) is 140 cm³/mol. The summed E-state index contributed by atoms with van der Waals surface area (Å²) in [7, 11) is 1.57. The van der Waals surface area contributed by atoms with Gasteiger partial charge in [-0.2, -0.15) is 0 Å². The van der Waals surface area contributed by atoms with Gasteiger partial charge in [0.25, 0.3) is 0 Å². The van der Waals surface area contributed by atoms with Gasteiger partial charge in [-0.25, -0.2) is 19.6 Å². The van der Waals surface area contributed by atoms with Crippen LogP contribution in [0.25, 0.3) is 0 Å². The molecular formula is C27H34FN5O6. The van der Waals surface area contributed by atoms with Crippen LogP contribution in [-0.2, 0) is 27.3 Å². The average molecular weight is 544 g/mol. The Bertz CT molecular complexity index is 1160. The first kappa shape index (κ1) is 29.4. The standard InChI is InChI=1S/C25H28FN5O6.C2H6/c1-37-19-8-4-16(5-9-19)10-11-29-15-21-30(20(24(29)35)12-23(33)34)22(32)14-28-31(21)25(36)27-13-17-2-6-18(26)7-3-17;1-2/h2-9,20-21,28H,10-15H2,1H3,(H,27,36)(H,33,34);1-2H3/t20?,21-;/m0./s1. The number of nitrogens with one attached hydrogen (secondary N) is 2. The minimum Gasteiger partial charge on any atom is -0.497 e. The zero-order valence-electron chi connectivity index (χ0n) is 22.2. The minimum atomic E-state index is -1.24. The quantitative estimate of drug-likeness (QED) is 0.464. The summed E-state index contributed by atoms with van der Waals surface area (Å²) < 4.78 is 18.3. The van der Waals surface area contributed by atoms with E-state index in [4.69, 9.17) is 4.74 Å². The summed E-state index contributed by atoms with van der Waals surface area (Å²) in [5.74, 6) is -1.87. The van der Waals surface area contributed by atoms with Gasteiger partial charge in [-0.15, -0.1) is 0 Å². The molecule has 0 aromatic heterocycles. The molecule has 4 amide bonds. The maximum absolute atomic E-state index is 13.3.